The summed E-state index contributed by atoms with van der Waals surface area (Å²) in [6.07, 6.45) is 4.37. The van der Waals surface area contributed by atoms with E-state index in [9.17, 15) is 13.6 Å². The number of hydrogen-bond donors (Lipinski definition) is 2. The zero-order chi connectivity index (χ0) is 13.3. The van der Waals surface area contributed by atoms with Crippen LogP contribution >= 0.6 is 12.4 Å². The minimum atomic E-state index is -3.00. The van der Waals surface area contributed by atoms with Crippen molar-refractivity contribution in [2.75, 3.05) is 13.1 Å². The zero-order valence-electron chi connectivity index (χ0n) is 11.2. The van der Waals surface area contributed by atoms with Crippen LogP contribution in [0.25, 0.3) is 0 Å². The molecular weight excluding hydrogens is 262 g/mol. The number of halogens is 3. The number of hydrogen-bond acceptors (Lipinski definition) is 2. The lowest BCUT2D eigenvalue weighted by atomic mass is 9.95. The fourth-order valence-corrected chi connectivity index (χ4v) is 1.58. The first-order chi connectivity index (χ1) is 7.95. The van der Waals surface area contributed by atoms with Gasteiger partial charge in [-0.05, 0) is 12.3 Å². The maximum absolute atomic E-state index is 12.8. The van der Waals surface area contributed by atoms with Gasteiger partial charge in [0.25, 0.3) is 5.92 Å². The van der Waals surface area contributed by atoms with E-state index < -0.39 is 19.0 Å². The molecule has 3 N–H and O–H groups in total. The highest BCUT2D eigenvalue weighted by molar-refractivity contribution is 5.85. The summed E-state index contributed by atoms with van der Waals surface area (Å²) in [5.74, 6) is -3.01. The van der Waals surface area contributed by atoms with Crippen molar-refractivity contribution in [3.05, 3.63) is 0 Å². The van der Waals surface area contributed by atoms with Crippen molar-refractivity contribution < 1.29 is 13.6 Å². The highest BCUT2D eigenvalue weighted by Crippen LogP contribution is 2.16. The minimum Gasteiger partial charge on any atom is -0.350 e. The molecule has 0 spiro atoms. The molecule has 0 aromatic rings. The Balaban J connectivity index is 0. The molecule has 1 atom stereocenters. The van der Waals surface area contributed by atoms with E-state index in [4.69, 9.17) is 5.73 Å². The smallest absolute Gasteiger partial charge is 0.277 e. The number of carbonyl (C=O) groups is 1. The van der Waals surface area contributed by atoms with Gasteiger partial charge >= 0.3 is 0 Å². The molecule has 0 bridgehead atoms. The van der Waals surface area contributed by atoms with Crippen LogP contribution < -0.4 is 11.1 Å². The van der Waals surface area contributed by atoms with Crippen LogP contribution in [0.5, 0.6) is 0 Å². The maximum Gasteiger partial charge on any atom is 0.277 e. The Morgan fingerprint density at radius 1 is 1.39 bits per heavy atom. The van der Waals surface area contributed by atoms with Crippen LogP contribution in [0.4, 0.5) is 8.78 Å². The van der Waals surface area contributed by atoms with E-state index in [2.05, 4.69) is 12.2 Å². The molecule has 1 unspecified atom stereocenters. The van der Waals surface area contributed by atoms with E-state index in [1.165, 1.54) is 0 Å². The molecule has 0 aliphatic carbocycles. The Morgan fingerprint density at radius 3 is 2.44 bits per heavy atom. The number of rotatable bonds is 9. The number of carbonyl (C=O) groups excluding carboxylic acids is 1. The largest absolute Gasteiger partial charge is 0.350 e. The summed E-state index contributed by atoms with van der Waals surface area (Å²) in [7, 11) is 0. The lowest BCUT2D eigenvalue weighted by Crippen LogP contribution is -2.41. The highest BCUT2D eigenvalue weighted by atomic mass is 35.5. The third-order valence-corrected chi connectivity index (χ3v) is 2.86. The van der Waals surface area contributed by atoms with E-state index in [0.717, 1.165) is 25.7 Å². The summed E-state index contributed by atoms with van der Waals surface area (Å²) in [4.78, 5) is 11.5. The number of amides is 1. The molecule has 0 aromatic heterocycles. The van der Waals surface area contributed by atoms with E-state index in [1.54, 1.807) is 0 Å². The molecule has 18 heavy (non-hydrogen) atoms. The molecule has 0 aliphatic rings. The predicted molar refractivity (Wildman–Crippen MR) is 72.2 cm³/mol. The Morgan fingerprint density at radius 2 is 2.00 bits per heavy atom. The first kappa shape index (κ1) is 19.9. The van der Waals surface area contributed by atoms with Crippen molar-refractivity contribution >= 4 is 18.3 Å². The third kappa shape index (κ3) is 9.59. The van der Waals surface area contributed by atoms with E-state index in [-0.39, 0.29) is 18.3 Å². The van der Waals surface area contributed by atoms with Gasteiger partial charge in [-0.25, -0.2) is 8.78 Å². The maximum atomic E-state index is 12.8. The van der Waals surface area contributed by atoms with E-state index in [0.29, 0.717) is 12.3 Å². The second-order valence-electron chi connectivity index (χ2n) is 4.46. The van der Waals surface area contributed by atoms with Crippen LogP contribution in [-0.2, 0) is 4.79 Å². The van der Waals surface area contributed by atoms with Crippen LogP contribution in [0, 0.1) is 5.92 Å². The van der Waals surface area contributed by atoms with Crippen LogP contribution in [0.3, 0.4) is 0 Å². The van der Waals surface area contributed by atoms with Gasteiger partial charge in [0.15, 0.2) is 0 Å². The summed E-state index contributed by atoms with van der Waals surface area (Å²) in [5.41, 5.74) is 4.88. The van der Waals surface area contributed by atoms with Gasteiger partial charge < -0.3 is 11.1 Å². The predicted octanol–water partition coefficient (Wildman–Crippen LogP) is 2.72. The normalized spacial score (nSPS) is 12.7. The molecule has 110 valence electrons. The van der Waals surface area contributed by atoms with Gasteiger partial charge in [-0.15, -0.1) is 12.4 Å². The van der Waals surface area contributed by atoms with Gasteiger partial charge in [-0.2, -0.15) is 0 Å². The number of alkyl halides is 2. The monoisotopic (exact) mass is 286 g/mol. The molecule has 0 radical (unpaired) electrons. The highest BCUT2D eigenvalue weighted by Gasteiger charge is 2.27. The summed E-state index contributed by atoms with van der Waals surface area (Å²) < 4.78 is 25.6. The van der Waals surface area contributed by atoms with Crippen LogP contribution in [0.1, 0.15) is 46.0 Å². The van der Waals surface area contributed by atoms with Gasteiger partial charge in [0.1, 0.15) is 0 Å². The van der Waals surface area contributed by atoms with Crippen molar-refractivity contribution in [1.29, 1.82) is 0 Å². The summed E-state index contributed by atoms with van der Waals surface area (Å²) in [5, 5.41) is 2.25. The molecule has 0 rings (SSSR count). The molecule has 0 aromatic carbocycles. The first-order valence-corrected chi connectivity index (χ1v) is 6.29. The second kappa shape index (κ2) is 10.5. The topological polar surface area (TPSA) is 55.1 Å². The summed E-state index contributed by atoms with van der Waals surface area (Å²) in [6, 6.07) is 0. The van der Waals surface area contributed by atoms with Gasteiger partial charge in [0, 0.05) is 6.42 Å². The number of nitrogens with two attached hydrogens (primary N) is 1. The lowest BCUT2D eigenvalue weighted by molar-refractivity contribution is -0.123. The third-order valence-electron chi connectivity index (χ3n) is 2.86. The summed E-state index contributed by atoms with van der Waals surface area (Å²) >= 11 is 0. The fourth-order valence-electron chi connectivity index (χ4n) is 1.58. The molecular formula is C12H25ClF2N2O. The van der Waals surface area contributed by atoms with Crippen molar-refractivity contribution in [1.82, 2.24) is 5.32 Å². The number of unbranched alkanes of at least 4 members (excludes halogenated alkanes) is 1. The van der Waals surface area contributed by atoms with E-state index in [1.807, 2.05) is 6.92 Å². The lowest BCUT2D eigenvalue weighted by Gasteiger charge is -2.17. The van der Waals surface area contributed by atoms with Crippen molar-refractivity contribution in [3.63, 3.8) is 0 Å². The van der Waals surface area contributed by atoms with E-state index >= 15 is 0 Å². The second-order valence-corrected chi connectivity index (χ2v) is 4.46. The SMILES string of the molecule is CCCCC(CC)CC(=O)NCC(F)(F)CN.Cl. The molecule has 0 saturated heterocycles. The van der Waals surface area contributed by atoms with Gasteiger partial charge in [-0.1, -0.05) is 33.1 Å². The quantitative estimate of drug-likeness (QED) is 0.685. The van der Waals surface area contributed by atoms with Crippen molar-refractivity contribution in [2.45, 2.75) is 51.9 Å². The molecule has 0 fully saturated rings. The molecule has 3 nitrogen and oxygen atoms in total. The Hall–Kier alpha value is -0.420. The molecule has 0 saturated carbocycles. The standard InChI is InChI=1S/C12H24F2N2O.ClH/c1-3-5-6-10(4-2)7-11(17)16-9-12(13,14)8-15;/h10H,3-9,15H2,1-2H3,(H,16,17);1H. The van der Waals surface area contributed by atoms with Gasteiger partial charge in [-0.3, -0.25) is 4.79 Å². The molecule has 6 heteroatoms. The molecule has 0 aliphatic heterocycles. The molecule has 0 heterocycles. The Bertz CT molecular complexity index is 228. The van der Waals surface area contributed by atoms with Gasteiger partial charge in [0.2, 0.25) is 5.91 Å². The average molecular weight is 287 g/mol. The van der Waals surface area contributed by atoms with Crippen LogP contribution in [-0.4, -0.2) is 24.9 Å². The first-order valence-electron chi connectivity index (χ1n) is 6.29. The van der Waals surface area contributed by atoms with Gasteiger partial charge in [0.05, 0.1) is 13.1 Å². The fraction of sp³-hybridized carbons (Fsp3) is 0.917. The summed E-state index contributed by atoms with van der Waals surface area (Å²) in [6.45, 7) is 2.71. The van der Waals surface area contributed by atoms with Crippen LogP contribution in [0.2, 0.25) is 0 Å². The number of nitrogens with one attached hydrogen (secondary N) is 1. The van der Waals surface area contributed by atoms with Crippen molar-refractivity contribution in [3.8, 4) is 0 Å². The Labute approximate surface area is 114 Å². The zero-order valence-corrected chi connectivity index (χ0v) is 12.0. The van der Waals surface area contributed by atoms with Crippen LogP contribution in [0.15, 0.2) is 0 Å². The van der Waals surface area contributed by atoms with Crippen molar-refractivity contribution in [2.24, 2.45) is 11.7 Å². The molecule has 1 amide bonds. The average Bonchev–Trinajstić information content (AvgIpc) is 2.32. The minimum absolute atomic E-state index is 0. The Kier molecular flexibility index (Phi) is 11.6.